The fourth-order valence-electron chi connectivity index (χ4n) is 5.23. The van der Waals surface area contributed by atoms with E-state index in [1.807, 2.05) is 12.1 Å². The molecule has 2 heterocycles. The molecule has 2 N–H and O–H groups in total. The van der Waals surface area contributed by atoms with E-state index < -0.39 is 0 Å². The molecule has 1 aromatic rings. The quantitative estimate of drug-likeness (QED) is 0.781. The van der Waals surface area contributed by atoms with Gasteiger partial charge in [0.1, 0.15) is 5.75 Å². The summed E-state index contributed by atoms with van der Waals surface area (Å²) in [6.07, 6.45) is 4.60. The molecule has 3 atom stereocenters. The number of morpholine rings is 1. The summed E-state index contributed by atoms with van der Waals surface area (Å²) < 4.78 is 10.8. The van der Waals surface area contributed by atoms with Gasteiger partial charge in [-0.1, -0.05) is 25.0 Å². The van der Waals surface area contributed by atoms with Gasteiger partial charge in [0, 0.05) is 26.2 Å². The summed E-state index contributed by atoms with van der Waals surface area (Å²) in [7, 11) is 1.68. The highest BCUT2D eigenvalue weighted by molar-refractivity contribution is 5.84. The number of benzene rings is 1. The van der Waals surface area contributed by atoms with Crippen molar-refractivity contribution >= 4 is 5.91 Å². The number of rotatable bonds is 6. The van der Waals surface area contributed by atoms with E-state index in [0.717, 1.165) is 58.0 Å². The number of carbonyl (C=O) groups is 1. The number of amides is 1. The lowest BCUT2D eigenvalue weighted by molar-refractivity contribution is -0.134. The van der Waals surface area contributed by atoms with Gasteiger partial charge in [-0.15, -0.1) is 0 Å². The molecule has 2 aliphatic heterocycles. The van der Waals surface area contributed by atoms with Crippen LogP contribution in [0.4, 0.5) is 0 Å². The van der Waals surface area contributed by atoms with E-state index in [-0.39, 0.29) is 17.4 Å². The topological polar surface area (TPSA) is 62.8 Å². The molecule has 1 saturated carbocycles. The Morgan fingerprint density at radius 1 is 1.32 bits per heavy atom. The van der Waals surface area contributed by atoms with Crippen molar-refractivity contribution in [3.8, 4) is 5.75 Å². The van der Waals surface area contributed by atoms with Gasteiger partial charge >= 0.3 is 0 Å². The number of fused-ring (bicyclic) bond motifs is 1. The number of ether oxygens (including phenoxy) is 2. The van der Waals surface area contributed by atoms with E-state index >= 15 is 0 Å². The molecule has 28 heavy (non-hydrogen) atoms. The van der Waals surface area contributed by atoms with Crippen LogP contribution < -0.4 is 15.4 Å². The summed E-state index contributed by atoms with van der Waals surface area (Å²) in [6, 6.07) is 8.39. The van der Waals surface area contributed by atoms with Crippen LogP contribution in [0.1, 0.15) is 37.3 Å². The number of hydrogen-bond acceptors (Lipinski definition) is 5. The van der Waals surface area contributed by atoms with Crippen molar-refractivity contribution in [2.45, 2.75) is 31.7 Å². The average Bonchev–Trinajstić information content (AvgIpc) is 3.20. The molecular weight excluding hydrogens is 354 g/mol. The van der Waals surface area contributed by atoms with Crippen LogP contribution in [0.3, 0.4) is 0 Å². The lowest BCUT2D eigenvalue weighted by Gasteiger charge is -2.39. The van der Waals surface area contributed by atoms with Crippen LogP contribution in [0.2, 0.25) is 0 Å². The molecule has 0 bridgehead atoms. The number of methoxy groups -OCH3 is 1. The summed E-state index contributed by atoms with van der Waals surface area (Å²) in [5.74, 6) is 1.59. The standard InChI is InChI=1S/C22H33N3O3/c1-27-19-7-5-17(6-8-19)20(25-10-12-28-13-11-25)15-24-21(26)22-9-3-2-4-18(22)14-23-16-22/h5-8,18,20,23H,2-4,9-16H2,1H3,(H,24,26)/t18-,20?,22+/m0/s1. The van der Waals surface area contributed by atoms with Gasteiger partial charge in [-0.25, -0.2) is 0 Å². The Balaban J connectivity index is 1.48. The Kier molecular flexibility index (Phi) is 6.19. The van der Waals surface area contributed by atoms with Gasteiger partial charge in [-0.2, -0.15) is 0 Å². The zero-order chi connectivity index (χ0) is 19.4. The maximum absolute atomic E-state index is 13.3. The second-order valence-corrected chi connectivity index (χ2v) is 8.38. The molecule has 4 rings (SSSR count). The van der Waals surface area contributed by atoms with Crippen LogP contribution in [0.25, 0.3) is 0 Å². The van der Waals surface area contributed by atoms with E-state index in [0.29, 0.717) is 12.5 Å². The first-order chi connectivity index (χ1) is 13.7. The molecule has 2 saturated heterocycles. The Morgan fingerprint density at radius 2 is 2.11 bits per heavy atom. The second kappa shape index (κ2) is 8.80. The maximum atomic E-state index is 13.3. The molecule has 1 aliphatic carbocycles. The van der Waals surface area contributed by atoms with Crippen LogP contribution in [-0.4, -0.2) is 63.9 Å². The molecule has 154 valence electrons. The first-order valence-electron chi connectivity index (χ1n) is 10.7. The Bertz CT molecular complexity index is 659. The minimum atomic E-state index is -0.201. The number of carbonyl (C=O) groups excluding carboxylic acids is 1. The molecule has 0 radical (unpaired) electrons. The monoisotopic (exact) mass is 387 g/mol. The summed E-state index contributed by atoms with van der Waals surface area (Å²) in [6.45, 7) is 5.73. The number of nitrogens with one attached hydrogen (secondary N) is 2. The van der Waals surface area contributed by atoms with Crippen LogP contribution in [0.5, 0.6) is 5.75 Å². The van der Waals surface area contributed by atoms with Crippen molar-refractivity contribution < 1.29 is 14.3 Å². The van der Waals surface area contributed by atoms with Crippen molar-refractivity contribution in [2.75, 3.05) is 53.0 Å². The van der Waals surface area contributed by atoms with Crippen molar-refractivity contribution in [3.05, 3.63) is 29.8 Å². The highest BCUT2D eigenvalue weighted by atomic mass is 16.5. The Hall–Kier alpha value is -1.63. The van der Waals surface area contributed by atoms with Gasteiger partial charge in [0.25, 0.3) is 0 Å². The van der Waals surface area contributed by atoms with E-state index in [1.165, 1.54) is 18.4 Å². The average molecular weight is 388 g/mol. The minimum Gasteiger partial charge on any atom is -0.497 e. The first-order valence-corrected chi connectivity index (χ1v) is 10.7. The summed E-state index contributed by atoms with van der Waals surface area (Å²) in [5.41, 5.74) is 1.01. The largest absolute Gasteiger partial charge is 0.497 e. The lowest BCUT2D eigenvalue weighted by atomic mass is 9.67. The van der Waals surface area contributed by atoms with Gasteiger partial charge in [0.15, 0.2) is 0 Å². The number of hydrogen-bond donors (Lipinski definition) is 2. The third-order valence-corrected chi connectivity index (χ3v) is 6.93. The first kappa shape index (κ1) is 19.7. The van der Waals surface area contributed by atoms with E-state index in [4.69, 9.17) is 9.47 Å². The maximum Gasteiger partial charge on any atom is 0.227 e. The molecule has 1 amide bonds. The lowest BCUT2D eigenvalue weighted by Crippen LogP contribution is -2.50. The fraction of sp³-hybridized carbons (Fsp3) is 0.682. The summed E-state index contributed by atoms with van der Waals surface area (Å²) in [5, 5.41) is 6.83. The van der Waals surface area contributed by atoms with E-state index in [2.05, 4.69) is 27.7 Å². The minimum absolute atomic E-state index is 0.159. The highest BCUT2D eigenvalue weighted by Crippen LogP contribution is 2.44. The SMILES string of the molecule is COc1ccc(C(CNC(=O)[C@@]23CCCC[C@H]2CNC3)N2CCOCC2)cc1. The predicted molar refractivity (Wildman–Crippen MR) is 108 cm³/mol. The molecule has 6 heteroatoms. The molecule has 1 unspecified atom stereocenters. The van der Waals surface area contributed by atoms with E-state index in [9.17, 15) is 4.79 Å². The van der Waals surface area contributed by atoms with E-state index in [1.54, 1.807) is 7.11 Å². The zero-order valence-electron chi connectivity index (χ0n) is 16.9. The van der Waals surface area contributed by atoms with Crippen LogP contribution in [-0.2, 0) is 9.53 Å². The predicted octanol–water partition coefficient (Wildman–Crippen LogP) is 1.96. The molecule has 3 aliphatic rings. The Morgan fingerprint density at radius 3 is 2.86 bits per heavy atom. The molecular formula is C22H33N3O3. The van der Waals surface area contributed by atoms with Gasteiger partial charge < -0.3 is 20.1 Å². The molecule has 1 aromatic carbocycles. The van der Waals surface area contributed by atoms with Crippen LogP contribution >= 0.6 is 0 Å². The van der Waals surface area contributed by atoms with Crippen LogP contribution in [0, 0.1) is 11.3 Å². The molecule has 3 fully saturated rings. The molecule has 0 spiro atoms. The second-order valence-electron chi connectivity index (χ2n) is 8.38. The van der Waals surface area contributed by atoms with Crippen molar-refractivity contribution in [1.82, 2.24) is 15.5 Å². The third-order valence-electron chi connectivity index (χ3n) is 6.93. The van der Waals surface area contributed by atoms with Crippen molar-refractivity contribution in [2.24, 2.45) is 11.3 Å². The van der Waals surface area contributed by atoms with Gasteiger partial charge in [-0.05, 0) is 43.0 Å². The normalized spacial score (nSPS) is 29.1. The van der Waals surface area contributed by atoms with Crippen molar-refractivity contribution in [3.63, 3.8) is 0 Å². The molecule has 6 nitrogen and oxygen atoms in total. The van der Waals surface area contributed by atoms with Gasteiger partial charge in [-0.3, -0.25) is 9.69 Å². The Labute approximate surface area is 168 Å². The molecule has 0 aromatic heterocycles. The fourth-order valence-corrected chi connectivity index (χ4v) is 5.23. The highest BCUT2D eigenvalue weighted by Gasteiger charge is 2.49. The van der Waals surface area contributed by atoms with Crippen molar-refractivity contribution in [1.29, 1.82) is 0 Å². The smallest absolute Gasteiger partial charge is 0.227 e. The van der Waals surface area contributed by atoms with Gasteiger partial charge in [0.2, 0.25) is 5.91 Å². The summed E-state index contributed by atoms with van der Waals surface area (Å²) in [4.78, 5) is 15.7. The summed E-state index contributed by atoms with van der Waals surface area (Å²) >= 11 is 0. The zero-order valence-corrected chi connectivity index (χ0v) is 16.9. The van der Waals surface area contributed by atoms with Gasteiger partial charge in [0.05, 0.1) is 31.8 Å². The van der Waals surface area contributed by atoms with Crippen LogP contribution in [0.15, 0.2) is 24.3 Å². The third kappa shape index (κ3) is 3.91. The number of nitrogens with zero attached hydrogens (tertiary/aromatic N) is 1.